The smallest absolute Gasteiger partial charge is 0.280 e. The highest BCUT2D eigenvalue weighted by molar-refractivity contribution is 6.01. The highest BCUT2D eigenvalue weighted by Gasteiger charge is 2.22. The summed E-state index contributed by atoms with van der Waals surface area (Å²) in [6.45, 7) is -0.567. The number of benzene rings is 3. The van der Waals surface area contributed by atoms with Gasteiger partial charge in [-0.3, -0.25) is 9.78 Å². The molecule has 3 aromatic carbocycles. The number of methoxy groups -OCH3 is 1. The monoisotopic (exact) mass is 600 g/mol. The van der Waals surface area contributed by atoms with Crippen LogP contribution in [0.4, 0.5) is 0 Å². The van der Waals surface area contributed by atoms with Crippen LogP contribution in [0, 0.1) is 0 Å². The molecule has 1 aliphatic rings. The standard InChI is InChI=1S/C36H32N4O5/c1-44-31-18-29-24(16-32(31)45-26-8-2-3-9-26)15-25(20-41)30(21-42)34(29)22-12-14-38-33(17-22)40-36(43)28-11-5-4-10-27(28)35(39-40)23-7-6-13-37-19-23/h4-7,10-19,26,41-42H,2-3,8-9,20-21H2,1H3. The summed E-state index contributed by atoms with van der Waals surface area (Å²) in [6.07, 6.45) is 9.44. The van der Waals surface area contributed by atoms with Gasteiger partial charge in [0.15, 0.2) is 17.3 Å². The molecule has 3 heterocycles. The van der Waals surface area contributed by atoms with Crippen molar-refractivity contribution in [3.63, 3.8) is 0 Å². The minimum atomic E-state index is -0.311. The molecule has 1 aliphatic carbocycles. The first kappa shape index (κ1) is 28.6. The maximum Gasteiger partial charge on any atom is 0.280 e. The molecule has 0 atom stereocenters. The molecule has 0 unspecified atom stereocenters. The average Bonchev–Trinajstić information content (AvgIpc) is 3.61. The number of ether oxygens (including phenoxy) is 2. The van der Waals surface area contributed by atoms with Crippen LogP contribution >= 0.6 is 0 Å². The van der Waals surface area contributed by atoms with Gasteiger partial charge in [-0.25, -0.2) is 4.98 Å². The number of aliphatic hydroxyl groups excluding tert-OH is 2. The fourth-order valence-corrected chi connectivity index (χ4v) is 6.35. The van der Waals surface area contributed by atoms with Gasteiger partial charge in [0.25, 0.3) is 5.56 Å². The van der Waals surface area contributed by atoms with Crippen LogP contribution in [0.1, 0.15) is 36.8 Å². The van der Waals surface area contributed by atoms with Crippen LogP contribution in [0.5, 0.6) is 11.5 Å². The normalized spacial score (nSPS) is 13.5. The van der Waals surface area contributed by atoms with Crippen molar-refractivity contribution in [1.82, 2.24) is 19.7 Å². The Morgan fingerprint density at radius 1 is 0.867 bits per heavy atom. The topological polar surface area (TPSA) is 120 Å². The molecule has 9 nitrogen and oxygen atoms in total. The first-order valence-electron chi connectivity index (χ1n) is 15.0. The Balaban J connectivity index is 1.44. The number of pyridine rings is 2. The zero-order valence-corrected chi connectivity index (χ0v) is 24.8. The van der Waals surface area contributed by atoms with Gasteiger partial charge in [0.1, 0.15) is 5.69 Å². The van der Waals surface area contributed by atoms with Crippen molar-refractivity contribution in [3.8, 4) is 39.7 Å². The van der Waals surface area contributed by atoms with Gasteiger partial charge in [0.2, 0.25) is 0 Å². The summed E-state index contributed by atoms with van der Waals surface area (Å²) in [7, 11) is 1.61. The van der Waals surface area contributed by atoms with E-state index in [9.17, 15) is 15.0 Å². The zero-order chi connectivity index (χ0) is 30.9. The molecule has 226 valence electrons. The van der Waals surface area contributed by atoms with Gasteiger partial charge in [-0.15, -0.1) is 0 Å². The minimum absolute atomic E-state index is 0.136. The number of nitrogens with zero attached hydrogens (tertiary/aromatic N) is 4. The third kappa shape index (κ3) is 5.20. The second-order valence-electron chi connectivity index (χ2n) is 11.2. The second-order valence-corrected chi connectivity index (χ2v) is 11.2. The highest BCUT2D eigenvalue weighted by atomic mass is 16.5. The van der Waals surface area contributed by atoms with Gasteiger partial charge in [0, 0.05) is 29.5 Å². The van der Waals surface area contributed by atoms with Crippen LogP contribution < -0.4 is 15.0 Å². The molecule has 0 bridgehead atoms. The summed E-state index contributed by atoms with van der Waals surface area (Å²) in [6, 6.07) is 20.4. The van der Waals surface area contributed by atoms with Crippen molar-refractivity contribution in [3.05, 3.63) is 107 Å². The van der Waals surface area contributed by atoms with Crippen LogP contribution in [-0.4, -0.2) is 43.2 Å². The fraction of sp³-hybridized carbons (Fsp3) is 0.222. The fourth-order valence-electron chi connectivity index (χ4n) is 6.35. The maximum atomic E-state index is 13.8. The number of aliphatic hydroxyl groups is 2. The van der Waals surface area contributed by atoms with E-state index in [0.717, 1.165) is 47.4 Å². The maximum absolute atomic E-state index is 13.8. The number of aromatic nitrogens is 4. The van der Waals surface area contributed by atoms with Gasteiger partial charge in [-0.2, -0.15) is 9.78 Å². The lowest BCUT2D eigenvalue weighted by Gasteiger charge is -2.20. The molecule has 3 aromatic heterocycles. The van der Waals surface area contributed by atoms with E-state index in [2.05, 4.69) is 9.97 Å². The molecule has 0 amide bonds. The number of hydrogen-bond donors (Lipinski definition) is 2. The average molecular weight is 601 g/mol. The molecular weight excluding hydrogens is 568 g/mol. The summed E-state index contributed by atoms with van der Waals surface area (Å²) < 4.78 is 13.4. The Morgan fingerprint density at radius 2 is 1.69 bits per heavy atom. The summed E-state index contributed by atoms with van der Waals surface area (Å²) in [5.41, 5.74) is 3.63. The number of fused-ring (bicyclic) bond motifs is 2. The molecule has 0 spiro atoms. The minimum Gasteiger partial charge on any atom is -0.493 e. The summed E-state index contributed by atoms with van der Waals surface area (Å²) in [5.74, 6) is 1.54. The Morgan fingerprint density at radius 3 is 2.42 bits per heavy atom. The van der Waals surface area contributed by atoms with E-state index in [-0.39, 0.29) is 24.9 Å². The highest BCUT2D eigenvalue weighted by Crippen LogP contribution is 2.42. The zero-order valence-electron chi connectivity index (χ0n) is 24.8. The van der Waals surface area contributed by atoms with E-state index >= 15 is 0 Å². The summed E-state index contributed by atoms with van der Waals surface area (Å²) in [4.78, 5) is 22.6. The molecule has 2 N–H and O–H groups in total. The van der Waals surface area contributed by atoms with E-state index in [0.29, 0.717) is 50.7 Å². The quantitative estimate of drug-likeness (QED) is 0.219. The third-order valence-electron chi connectivity index (χ3n) is 8.54. The van der Waals surface area contributed by atoms with E-state index in [1.165, 1.54) is 4.68 Å². The molecule has 0 saturated heterocycles. The van der Waals surface area contributed by atoms with E-state index in [1.807, 2.05) is 54.6 Å². The van der Waals surface area contributed by atoms with Crippen LogP contribution in [-0.2, 0) is 13.2 Å². The van der Waals surface area contributed by atoms with Crippen LogP contribution in [0.15, 0.2) is 90.1 Å². The predicted molar refractivity (Wildman–Crippen MR) is 173 cm³/mol. The molecular formula is C36H32N4O5. The van der Waals surface area contributed by atoms with Crippen molar-refractivity contribution in [1.29, 1.82) is 0 Å². The van der Waals surface area contributed by atoms with Crippen LogP contribution in [0.25, 0.3) is 49.7 Å². The SMILES string of the molecule is COc1cc2c(-c3ccnc(-n4nc(-c5cccnc5)c5ccccc5c4=O)c3)c(CO)c(CO)cc2cc1OC1CCCC1. The first-order chi connectivity index (χ1) is 22.1. The number of hydrogen-bond acceptors (Lipinski definition) is 8. The lowest BCUT2D eigenvalue weighted by Crippen LogP contribution is -2.23. The Bertz CT molecular complexity index is 2090. The van der Waals surface area contributed by atoms with E-state index in [4.69, 9.17) is 14.6 Å². The Labute approximate surface area is 259 Å². The lowest BCUT2D eigenvalue weighted by atomic mass is 9.90. The van der Waals surface area contributed by atoms with Crippen LogP contribution in [0.3, 0.4) is 0 Å². The Hall–Kier alpha value is -5.12. The van der Waals surface area contributed by atoms with E-state index in [1.54, 1.807) is 37.8 Å². The third-order valence-corrected chi connectivity index (χ3v) is 8.54. The molecule has 45 heavy (non-hydrogen) atoms. The van der Waals surface area contributed by atoms with Gasteiger partial charge in [0.05, 0.1) is 31.8 Å². The van der Waals surface area contributed by atoms with Crippen molar-refractivity contribution in [2.75, 3.05) is 7.11 Å². The van der Waals surface area contributed by atoms with E-state index < -0.39 is 0 Å². The van der Waals surface area contributed by atoms with Gasteiger partial charge in [-0.05, 0) is 107 Å². The largest absolute Gasteiger partial charge is 0.493 e. The van der Waals surface area contributed by atoms with Gasteiger partial charge in [-0.1, -0.05) is 18.2 Å². The first-order valence-corrected chi connectivity index (χ1v) is 15.0. The molecule has 0 aliphatic heterocycles. The van der Waals surface area contributed by atoms with Crippen LogP contribution in [0.2, 0.25) is 0 Å². The molecule has 6 aromatic rings. The number of rotatable bonds is 8. The molecule has 9 heteroatoms. The molecule has 1 saturated carbocycles. The molecule has 1 fully saturated rings. The van der Waals surface area contributed by atoms with Crippen molar-refractivity contribution in [2.45, 2.75) is 45.0 Å². The lowest BCUT2D eigenvalue weighted by molar-refractivity contribution is 0.201. The Kier molecular flexibility index (Phi) is 7.71. The van der Waals surface area contributed by atoms with Crippen molar-refractivity contribution >= 4 is 21.5 Å². The predicted octanol–water partition coefficient (Wildman–Crippen LogP) is 5.98. The molecule has 7 rings (SSSR count). The second kappa shape index (κ2) is 12.1. The summed E-state index contributed by atoms with van der Waals surface area (Å²) in [5, 5.41) is 28.6. The van der Waals surface area contributed by atoms with Crippen molar-refractivity contribution < 1.29 is 19.7 Å². The van der Waals surface area contributed by atoms with Gasteiger partial charge < -0.3 is 19.7 Å². The van der Waals surface area contributed by atoms with Crippen molar-refractivity contribution in [2.24, 2.45) is 0 Å². The summed E-state index contributed by atoms with van der Waals surface area (Å²) >= 11 is 0. The molecule has 0 radical (unpaired) electrons. The van der Waals surface area contributed by atoms with Gasteiger partial charge >= 0.3 is 0 Å².